The van der Waals surface area contributed by atoms with Crippen LogP contribution in [0.4, 0.5) is 11.4 Å². The van der Waals surface area contributed by atoms with E-state index in [1.807, 2.05) is 0 Å². The van der Waals surface area contributed by atoms with E-state index in [4.69, 9.17) is 5.73 Å². The van der Waals surface area contributed by atoms with Crippen molar-refractivity contribution in [3.63, 3.8) is 0 Å². The predicted octanol–water partition coefficient (Wildman–Crippen LogP) is 1.68. The van der Waals surface area contributed by atoms with Crippen LogP contribution in [0.5, 0.6) is 0 Å². The number of hydrogen-bond donors (Lipinski definition) is 2. The van der Waals surface area contributed by atoms with Crippen LogP contribution in [-0.4, -0.2) is 22.4 Å². The maximum absolute atomic E-state index is 11.2. The average Bonchev–Trinajstić information content (AvgIpc) is 2.26. The van der Waals surface area contributed by atoms with E-state index in [-0.39, 0.29) is 17.9 Å². The number of nitro groups is 1. The Balaban J connectivity index is 2.98. The van der Waals surface area contributed by atoms with E-state index in [2.05, 4.69) is 26.2 Å². The van der Waals surface area contributed by atoms with Crippen molar-refractivity contribution >= 4 is 33.2 Å². The normalized spacial score (nSPS) is 11.1. The van der Waals surface area contributed by atoms with E-state index >= 15 is 0 Å². The fraction of sp³-hybridized carbons (Fsp3) is 0.400. The summed E-state index contributed by atoms with van der Waals surface area (Å²) in [7, 11) is 0. The van der Waals surface area contributed by atoms with Crippen LogP contribution < -0.4 is 11.1 Å². The number of aromatic nitrogens is 1. The van der Waals surface area contributed by atoms with Crippen molar-refractivity contribution in [1.82, 2.24) is 4.98 Å². The molecule has 98 valence electrons. The SMILES string of the molecule is CC(C)(CNc1c(Br)cncc1[N+](=O)[O-])C(N)=O. The van der Waals surface area contributed by atoms with Gasteiger partial charge in [0.2, 0.25) is 5.91 Å². The standard InChI is InChI=1S/C10H13BrN4O3/c1-10(2,9(12)16)5-14-8-6(11)3-13-4-7(8)15(17)18/h3-4H,5H2,1-2H3,(H2,12,16)(H,13,14). The maximum atomic E-state index is 11.2. The van der Waals surface area contributed by atoms with Crippen molar-refractivity contribution in [2.24, 2.45) is 11.1 Å². The summed E-state index contributed by atoms with van der Waals surface area (Å²) < 4.78 is 0.456. The quantitative estimate of drug-likeness (QED) is 0.634. The molecule has 0 atom stereocenters. The number of hydrogen-bond acceptors (Lipinski definition) is 5. The largest absolute Gasteiger partial charge is 0.377 e. The zero-order valence-corrected chi connectivity index (χ0v) is 11.5. The number of rotatable bonds is 5. The zero-order chi connectivity index (χ0) is 13.9. The molecule has 1 amide bonds. The van der Waals surface area contributed by atoms with E-state index in [1.165, 1.54) is 6.20 Å². The Morgan fingerprint density at radius 3 is 2.72 bits per heavy atom. The van der Waals surface area contributed by atoms with Gasteiger partial charge < -0.3 is 11.1 Å². The fourth-order valence-electron chi connectivity index (χ4n) is 1.13. The van der Waals surface area contributed by atoms with Crippen LogP contribution in [0.15, 0.2) is 16.9 Å². The van der Waals surface area contributed by atoms with Crippen molar-refractivity contribution in [3.05, 3.63) is 27.0 Å². The Morgan fingerprint density at radius 1 is 1.61 bits per heavy atom. The first kappa shape index (κ1) is 14.4. The average molecular weight is 317 g/mol. The Bertz CT molecular complexity index is 490. The van der Waals surface area contributed by atoms with E-state index < -0.39 is 16.2 Å². The lowest BCUT2D eigenvalue weighted by atomic mass is 9.93. The van der Waals surface area contributed by atoms with Crippen LogP contribution in [0.25, 0.3) is 0 Å². The first-order chi connectivity index (χ1) is 8.25. The van der Waals surface area contributed by atoms with E-state index in [1.54, 1.807) is 13.8 Å². The molecule has 0 fully saturated rings. The van der Waals surface area contributed by atoms with E-state index in [0.717, 1.165) is 6.20 Å². The number of primary amides is 1. The lowest BCUT2D eigenvalue weighted by Gasteiger charge is -2.21. The first-order valence-electron chi connectivity index (χ1n) is 5.07. The molecule has 1 aromatic rings. The van der Waals surface area contributed by atoms with Gasteiger partial charge in [-0.1, -0.05) is 0 Å². The number of nitrogens with zero attached hydrogens (tertiary/aromatic N) is 2. The van der Waals surface area contributed by atoms with Crippen molar-refractivity contribution < 1.29 is 9.72 Å². The van der Waals surface area contributed by atoms with Crippen molar-refractivity contribution in [1.29, 1.82) is 0 Å². The van der Waals surface area contributed by atoms with Crippen LogP contribution in [0.1, 0.15) is 13.8 Å². The molecule has 7 nitrogen and oxygen atoms in total. The molecular weight excluding hydrogens is 304 g/mol. The summed E-state index contributed by atoms with van der Waals surface area (Å²) >= 11 is 3.17. The van der Waals surface area contributed by atoms with Gasteiger partial charge >= 0.3 is 5.69 Å². The van der Waals surface area contributed by atoms with Crippen LogP contribution in [0.3, 0.4) is 0 Å². The Hall–Kier alpha value is -1.70. The molecular formula is C10H13BrN4O3. The summed E-state index contributed by atoms with van der Waals surface area (Å²) in [5.74, 6) is -0.483. The molecule has 0 saturated heterocycles. The molecule has 8 heteroatoms. The van der Waals surface area contributed by atoms with Crippen LogP contribution >= 0.6 is 15.9 Å². The molecule has 0 bridgehead atoms. The number of halogens is 1. The van der Waals surface area contributed by atoms with Gasteiger partial charge in [0, 0.05) is 12.7 Å². The third kappa shape index (κ3) is 3.16. The summed E-state index contributed by atoms with van der Waals surface area (Å²) in [4.78, 5) is 25.2. The van der Waals surface area contributed by atoms with Crippen LogP contribution in [0.2, 0.25) is 0 Å². The summed E-state index contributed by atoms with van der Waals surface area (Å²) in [6, 6.07) is 0. The second-order valence-electron chi connectivity index (χ2n) is 4.37. The maximum Gasteiger partial charge on any atom is 0.311 e. The minimum Gasteiger partial charge on any atom is -0.377 e. The third-order valence-corrected chi connectivity index (χ3v) is 3.05. The number of carbonyl (C=O) groups is 1. The van der Waals surface area contributed by atoms with Gasteiger partial charge in [0.1, 0.15) is 11.9 Å². The van der Waals surface area contributed by atoms with E-state index in [0.29, 0.717) is 4.47 Å². The minimum absolute atomic E-state index is 0.162. The fourth-order valence-corrected chi connectivity index (χ4v) is 1.60. The van der Waals surface area contributed by atoms with Gasteiger partial charge in [0.25, 0.3) is 0 Å². The molecule has 0 radical (unpaired) electrons. The number of nitrogens with two attached hydrogens (primary N) is 1. The van der Waals surface area contributed by atoms with Crippen molar-refractivity contribution in [2.75, 3.05) is 11.9 Å². The van der Waals surface area contributed by atoms with Gasteiger partial charge in [-0.15, -0.1) is 0 Å². The zero-order valence-electron chi connectivity index (χ0n) is 9.94. The molecule has 0 aromatic carbocycles. The van der Waals surface area contributed by atoms with Gasteiger partial charge in [-0.05, 0) is 29.8 Å². The highest BCUT2D eigenvalue weighted by atomic mass is 79.9. The summed E-state index contributed by atoms with van der Waals surface area (Å²) in [5.41, 5.74) is 4.54. The lowest BCUT2D eigenvalue weighted by molar-refractivity contribution is -0.384. The highest BCUT2D eigenvalue weighted by Gasteiger charge is 2.26. The van der Waals surface area contributed by atoms with Crippen LogP contribution in [-0.2, 0) is 4.79 Å². The summed E-state index contributed by atoms with van der Waals surface area (Å²) in [6.45, 7) is 3.50. The number of pyridine rings is 1. The Morgan fingerprint density at radius 2 is 2.22 bits per heavy atom. The molecule has 0 saturated carbocycles. The predicted molar refractivity (Wildman–Crippen MR) is 70.1 cm³/mol. The van der Waals surface area contributed by atoms with E-state index in [9.17, 15) is 14.9 Å². The van der Waals surface area contributed by atoms with Crippen molar-refractivity contribution in [2.45, 2.75) is 13.8 Å². The van der Waals surface area contributed by atoms with Gasteiger partial charge in [-0.25, -0.2) is 0 Å². The molecule has 0 unspecified atom stereocenters. The van der Waals surface area contributed by atoms with Crippen LogP contribution in [0, 0.1) is 15.5 Å². The molecule has 3 N–H and O–H groups in total. The second-order valence-corrected chi connectivity index (χ2v) is 5.23. The highest BCUT2D eigenvalue weighted by molar-refractivity contribution is 9.10. The van der Waals surface area contributed by atoms with Gasteiger partial charge in [0.15, 0.2) is 0 Å². The Labute approximate surface area is 112 Å². The van der Waals surface area contributed by atoms with Gasteiger partial charge in [0.05, 0.1) is 14.8 Å². The third-order valence-electron chi connectivity index (χ3n) is 2.45. The first-order valence-corrected chi connectivity index (χ1v) is 5.86. The number of carbonyl (C=O) groups excluding carboxylic acids is 1. The lowest BCUT2D eigenvalue weighted by Crippen LogP contribution is -2.37. The molecule has 1 rings (SSSR count). The monoisotopic (exact) mass is 316 g/mol. The second kappa shape index (κ2) is 5.30. The van der Waals surface area contributed by atoms with Gasteiger partial charge in [-0.2, -0.15) is 0 Å². The molecule has 0 aliphatic heterocycles. The van der Waals surface area contributed by atoms with Crippen molar-refractivity contribution in [3.8, 4) is 0 Å². The molecule has 1 heterocycles. The molecule has 18 heavy (non-hydrogen) atoms. The van der Waals surface area contributed by atoms with Gasteiger partial charge in [-0.3, -0.25) is 19.9 Å². The number of nitrogens with one attached hydrogen (secondary N) is 1. The smallest absolute Gasteiger partial charge is 0.311 e. The topological polar surface area (TPSA) is 111 Å². The highest BCUT2D eigenvalue weighted by Crippen LogP contribution is 2.31. The minimum atomic E-state index is -0.809. The summed E-state index contributed by atoms with van der Waals surface area (Å²) in [5, 5.41) is 13.7. The molecule has 0 aliphatic rings. The molecule has 0 spiro atoms. The number of amides is 1. The molecule has 0 aliphatic carbocycles. The summed E-state index contributed by atoms with van der Waals surface area (Å²) in [6.07, 6.45) is 2.58. The molecule has 1 aromatic heterocycles. The number of anilines is 1. The Kier molecular flexibility index (Phi) is 4.23.